The maximum atomic E-state index is 11.4. The number of nitrogens with zero attached hydrogens (tertiary/aromatic N) is 3. The number of carbonyl (C=O) groups excluding carboxylic acids is 1. The Kier molecular flexibility index (Phi) is 3.84. The number of aryl methyl sites for hydroxylation is 1. The highest BCUT2D eigenvalue weighted by molar-refractivity contribution is 5.90. The molecular formula is C20H20N4O. The molecule has 0 atom stereocenters. The highest BCUT2D eigenvalue weighted by atomic mass is 16.1. The summed E-state index contributed by atoms with van der Waals surface area (Å²) in [6.45, 7) is 5.19. The minimum atomic E-state index is -0.0351. The van der Waals surface area contributed by atoms with E-state index in [0.29, 0.717) is 0 Å². The van der Waals surface area contributed by atoms with Crippen molar-refractivity contribution in [1.29, 1.82) is 0 Å². The van der Waals surface area contributed by atoms with Gasteiger partial charge in [0.25, 0.3) is 0 Å². The number of hydrogen-bond donors (Lipinski definition) is 1. The van der Waals surface area contributed by atoms with Crippen LogP contribution in [0.1, 0.15) is 23.7 Å². The van der Waals surface area contributed by atoms with E-state index in [-0.39, 0.29) is 5.91 Å². The second-order valence-corrected chi connectivity index (χ2v) is 6.42. The Morgan fingerprint density at radius 1 is 1.08 bits per heavy atom. The van der Waals surface area contributed by atoms with Crippen molar-refractivity contribution < 1.29 is 4.79 Å². The summed E-state index contributed by atoms with van der Waals surface area (Å²) >= 11 is 0. The first-order valence-electron chi connectivity index (χ1n) is 8.48. The number of aromatic nitrogens is 2. The van der Waals surface area contributed by atoms with Crippen LogP contribution < -0.4 is 10.2 Å². The van der Waals surface area contributed by atoms with Crippen LogP contribution in [0.15, 0.2) is 42.5 Å². The summed E-state index contributed by atoms with van der Waals surface area (Å²) in [7, 11) is 0. The monoisotopic (exact) mass is 332 g/mol. The Balaban J connectivity index is 1.69. The number of anilines is 2. The number of hydrogen-bond acceptors (Lipinski definition) is 4. The van der Waals surface area contributed by atoms with Crippen LogP contribution in [-0.4, -0.2) is 22.4 Å². The summed E-state index contributed by atoms with van der Waals surface area (Å²) in [5.74, 6) is 0.904. The zero-order valence-corrected chi connectivity index (χ0v) is 14.4. The minimum Gasteiger partial charge on any atom is -0.350 e. The van der Waals surface area contributed by atoms with Crippen molar-refractivity contribution in [3.63, 3.8) is 0 Å². The molecule has 3 aromatic rings. The van der Waals surface area contributed by atoms with Crippen LogP contribution in [0, 0.1) is 6.92 Å². The molecule has 2 heterocycles. The van der Waals surface area contributed by atoms with Gasteiger partial charge in [0.05, 0.1) is 16.7 Å². The molecule has 1 N–H and O–H groups in total. The van der Waals surface area contributed by atoms with Crippen LogP contribution in [-0.2, 0) is 17.8 Å². The van der Waals surface area contributed by atoms with Crippen LogP contribution in [0.3, 0.4) is 0 Å². The summed E-state index contributed by atoms with van der Waals surface area (Å²) in [4.78, 5) is 23.2. The van der Waals surface area contributed by atoms with Gasteiger partial charge in [0.2, 0.25) is 5.91 Å². The van der Waals surface area contributed by atoms with E-state index in [1.807, 2.05) is 43.3 Å². The van der Waals surface area contributed by atoms with Gasteiger partial charge in [-0.25, -0.2) is 9.97 Å². The molecule has 0 spiro atoms. The first-order valence-corrected chi connectivity index (χ1v) is 8.48. The Morgan fingerprint density at radius 2 is 1.84 bits per heavy atom. The molecule has 2 aromatic carbocycles. The lowest BCUT2D eigenvalue weighted by Crippen LogP contribution is -2.32. The summed E-state index contributed by atoms with van der Waals surface area (Å²) in [5, 5.41) is 2.94. The predicted molar refractivity (Wildman–Crippen MR) is 99.8 cm³/mol. The number of rotatable bonds is 2. The van der Waals surface area contributed by atoms with Gasteiger partial charge >= 0.3 is 0 Å². The maximum absolute atomic E-state index is 11.4. The molecule has 1 amide bonds. The van der Waals surface area contributed by atoms with E-state index in [9.17, 15) is 4.79 Å². The van der Waals surface area contributed by atoms with Gasteiger partial charge in [0, 0.05) is 25.7 Å². The summed E-state index contributed by atoms with van der Waals surface area (Å²) in [5.41, 5.74) is 6.16. The third-order valence-electron chi connectivity index (χ3n) is 4.60. The van der Waals surface area contributed by atoms with E-state index < -0.39 is 0 Å². The average molecular weight is 332 g/mol. The molecule has 5 nitrogen and oxygen atoms in total. The summed E-state index contributed by atoms with van der Waals surface area (Å²) in [6, 6.07) is 14.0. The van der Waals surface area contributed by atoms with Crippen LogP contribution in [0.2, 0.25) is 0 Å². The van der Waals surface area contributed by atoms with Gasteiger partial charge in [-0.05, 0) is 42.7 Å². The van der Waals surface area contributed by atoms with Gasteiger partial charge in [0.1, 0.15) is 0 Å². The molecule has 0 radical (unpaired) electrons. The lowest BCUT2D eigenvalue weighted by Gasteiger charge is -2.31. The first-order chi connectivity index (χ1) is 12.1. The molecule has 0 unspecified atom stereocenters. The molecule has 1 aliphatic heterocycles. The Hall–Kier alpha value is -2.95. The fraction of sp³-hybridized carbons (Fsp3) is 0.250. The second kappa shape index (κ2) is 6.16. The molecule has 5 heteroatoms. The van der Waals surface area contributed by atoms with Gasteiger partial charge in [0.15, 0.2) is 5.82 Å². The number of fused-ring (bicyclic) bond motifs is 2. The van der Waals surface area contributed by atoms with E-state index in [4.69, 9.17) is 9.97 Å². The second-order valence-electron chi connectivity index (χ2n) is 6.42. The van der Waals surface area contributed by atoms with Crippen molar-refractivity contribution in [2.24, 2.45) is 0 Å². The summed E-state index contributed by atoms with van der Waals surface area (Å²) < 4.78 is 0. The van der Waals surface area contributed by atoms with E-state index >= 15 is 0 Å². The van der Waals surface area contributed by atoms with E-state index in [1.165, 1.54) is 11.1 Å². The van der Waals surface area contributed by atoms with Crippen LogP contribution in [0.25, 0.3) is 11.0 Å². The molecule has 4 rings (SSSR count). The number of carbonyl (C=O) groups is 1. The molecule has 1 aromatic heterocycles. The third-order valence-corrected chi connectivity index (χ3v) is 4.60. The van der Waals surface area contributed by atoms with Crippen molar-refractivity contribution >= 4 is 28.4 Å². The number of benzene rings is 2. The van der Waals surface area contributed by atoms with E-state index in [1.54, 1.807) is 6.92 Å². The zero-order chi connectivity index (χ0) is 17.4. The molecule has 0 aliphatic carbocycles. The molecule has 0 bridgehead atoms. The van der Waals surface area contributed by atoms with Crippen molar-refractivity contribution in [3.8, 4) is 0 Å². The Bertz CT molecular complexity index is 967. The van der Waals surface area contributed by atoms with Crippen LogP contribution >= 0.6 is 0 Å². The molecular weight excluding hydrogens is 312 g/mol. The predicted octanol–water partition coefficient (Wildman–Crippen LogP) is 3.46. The lowest BCUT2D eigenvalue weighted by atomic mass is 9.97. The smallest absolute Gasteiger partial charge is 0.221 e. The molecule has 25 heavy (non-hydrogen) atoms. The maximum Gasteiger partial charge on any atom is 0.221 e. The highest BCUT2D eigenvalue weighted by Crippen LogP contribution is 2.30. The number of amides is 1. The van der Waals surface area contributed by atoms with Crippen LogP contribution in [0.5, 0.6) is 0 Å². The normalized spacial score (nSPS) is 13.6. The van der Waals surface area contributed by atoms with Crippen molar-refractivity contribution in [2.75, 3.05) is 16.8 Å². The molecule has 0 saturated carbocycles. The number of nitrogens with one attached hydrogen (secondary N) is 1. The molecule has 126 valence electrons. The summed E-state index contributed by atoms with van der Waals surface area (Å²) in [6.07, 6.45) is 0.875. The van der Waals surface area contributed by atoms with Gasteiger partial charge in [-0.3, -0.25) is 4.79 Å². The Labute approximate surface area is 146 Å². The largest absolute Gasteiger partial charge is 0.350 e. The standard InChI is InChI=1S/C20H20N4O/c1-13-20(23-19-8-4-3-7-18(19)21-13)24-11-10-16-15(12-24)6-5-9-17(16)22-14(2)25/h3-9H,10-12H2,1-2H3,(H,22,25). The minimum absolute atomic E-state index is 0.0351. The number of para-hydroxylation sites is 2. The van der Waals surface area contributed by atoms with Gasteiger partial charge < -0.3 is 10.2 Å². The fourth-order valence-electron chi connectivity index (χ4n) is 3.48. The lowest BCUT2D eigenvalue weighted by molar-refractivity contribution is -0.114. The SMILES string of the molecule is CC(=O)Nc1cccc2c1CCN(c1nc3ccccc3nc1C)C2. The van der Waals surface area contributed by atoms with Gasteiger partial charge in [-0.15, -0.1) is 0 Å². The third kappa shape index (κ3) is 2.93. The first kappa shape index (κ1) is 15.6. The fourth-order valence-corrected chi connectivity index (χ4v) is 3.48. The van der Waals surface area contributed by atoms with Crippen molar-refractivity contribution in [2.45, 2.75) is 26.8 Å². The van der Waals surface area contributed by atoms with E-state index in [0.717, 1.165) is 47.7 Å². The average Bonchev–Trinajstić information content (AvgIpc) is 2.60. The zero-order valence-electron chi connectivity index (χ0n) is 14.4. The highest BCUT2D eigenvalue weighted by Gasteiger charge is 2.22. The molecule has 0 saturated heterocycles. The van der Waals surface area contributed by atoms with Crippen LogP contribution in [0.4, 0.5) is 11.5 Å². The van der Waals surface area contributed by atoms with Gasteiger partial charge in [-0.2, -0.15) is 0 Å². The molecule has 0 fully saturated rings. The van der Waals surface area contributed by atoms with Crippen molar-refractivity contribution in [3.05, 3.63) is 59.3 Å². The molecule has 1 aliphatic rings. The quantitative estimate of drug-likeness (QED) is 0.781. The Morgan fingerprint density at radius 3 is 2.60 bits per heavy atom. The topological polar surface area (TPSA) is 58.1 Å². The van der Waals surface area contributed by atoms with Gasteiger partial charge in [-0.1, -0.05) is 24.3 Å². The van der Waals surface area contributed by atoms with Crippen molar-refractivity contribution in [1.82, 2.24) is 9.97 Å². The van der Waals surface area contributed by atoms with E-state index in [2.05, 4.69) is 16.3 Å².